The molecule has 3 N–H and O–H groups in total. The van der Waals surface area contributed by atoms with Crippen LogP contribution < -0.4 is 11.1 Å². The van der Waals surface area contributed by atoms with Crippen LogP contribution >= 0.6 is 34.7 Å². The van der Waals surface area contributed by atoms with Gasteiger partial charge in [0.15, 0.2) is 5.13 Å². The minimum atomic E-state index is -0.298. The molecule has 7 nitrogen and oxygen atoms in total. The van der Waals surface area contributed by atoms with Gasteiger partial charge in [0.2, 0.25) is 5.91 Å². The van der Waals surface area contributed by atoms with E-state index in [1.807, 2.05) is 6.07 Å². The number of benzene rings is 1. The Kier molecular flexibility index (Phi) is 6.12. The quantitative estimate of drug-likeness (QED) is 0.591. The molecule has 0 atom stereocenters. The molecule has 0 saturated heterocycles. The first-order valence-corrected chi connectivity index (χ1v) is 10.00. The number of hydrogen-bond acceptors (Lipinski definition) is 8. The summed E-state index contributed by atoms with van der Waals surface area (Å²) in [6.07, 6.45) is 1.58. The number of anilines is 2. The number of aromatic nitrogens is 2. The number of amides is 1. The van der Waals surface area contributed by atoms with Crippen molar-refractivity contribution in [3.8, 4) is 23.3 Å². The number of pyridine rings is 1. The van der Waals surface area contributed by atoms with E-state index in [-0.39, 0.29) is 33.6 Å². The number of carbonyl (C=O) groups excluding carboxylic acids is 1. The van der Waals surface area contributed by atoms with Crippen molar-refractivity contribution in [2.75, 3.05) is 16.8 Å². The first-order valence-electron chi connectivity index (χ1n) is 7.75. The second-order valence-electron chi connectivity index (χ2n) is 5.30. The number of nitrogens with zero attached hydrogens (tertiary/aromatic N) is 4. The number of thiazole rings is 1. The maximum absolute atomic E-state index is 12.1. The SMILES string of the molecule is N#Cc1c(N)nc(SCC(=O)Nc2nccs2)c(C#N)c1-c1ccccc1Cl. The van der Waals surface area contributed by atoms with Crippen LogP contribution in [0.3, 0.4) is 0 Å². The monoisotopic (exact) mass is 426 g/mol. The summed E-state index contributed by atoms with van der Waals surface area (Å²) in [5, 5.41) is 24.8. The van der Waals surface area contributed by atoms with E-state index < -0.39 is 0 Å². The van der Waals surface area contributed by atoms with E-state index >= 15 is 0 Å². The van der Waals surface area contributed by atoms with Gasteiger partial charge in [0.25, 0.3) is 0 Å². The molecule has 10 heteroatoms. The van der Waals surface area contributed by atoms with Crippen LogP contribution in [0.1, 0.15) is 11.1 Å². The molecule has 0 saturated carbocycles. The molecule has 1 aromatic carbocycles. The predicted octanol–water partition coefficient (Wildman–Crippen LogP) is 3.91. The van der Waals surface area contributed by atoms with Crippen molar-refractivity contribution >= 4 is 51.6 Å². The van der Waals surface area contributed by atoms with Crippen LogP contribution in [-0.2, 0) is 4.79 Å². The zero-order valence-corrected chi connectivity index (χ0v) is 16.5. The zero-order valence-electron chi connectivity index (χ0n) is 14.1. The molecule has 1 amide bonds. The number of hydrogen-bond donors (Lipinski definition) is 2. The van der Waals surface area contributed by atoms with Crippen molar-refractivity contribution in [3.05, 3.63) is 52.0 Å². The van der Waals surface area contributed by atoms with Gasteiger partial charge in [-0.25, -0.2) is 9.97 Å². The van der Waals surface area contributed by atoms with Gasteiger partial charge in [-0.3, -0.25) is 4.79 Å². The number of nitrogens with two attached hydrogens (primary N) is 1. The lowest BCUT2D eigenvalue weighted by Gasteiger charge is -2.13. The standard InChI is InChI=1S/C18H11ClN6OS2/c19-13-4-2-1-3-10(13)15-11(7-20)16(22)25-17(12(15)8-21)28-9-14(26)24-18-23-5-6-27-18/h1-6H,9H2,(H2,22,25)(H,23,24,26). The number of rotatable bonds is 5. The van der Waals surface area contributed by atoms with E-state index in [0.29, 0.717) is 21.3 Å². The van der Waals surface area contributed by atoms with Gasteiger partial charge in [0.05, 0.1) is 11.3 Å². The van der Waals surface area contributed by atoms with Gasteiger partial charge < -0.3 is 11.1 Å². The van der Waals surface area contributed by atoms with Crippen molar-refractivity contribution in [2.45, 2.75) is 5.03 Å². The summed E-state index contributed by atoms with van der Waals surface area (Å²) < 4.78 is 0. The highest BCUT2D eigenvalue weighted by Crippen LogP contribution is 2.38. The Balaban J connectivity index is 1.99. The number of nitrogen functional groups attached to an aromatic ring is 1. The summed E-state index contributed by atoms with van der Waals surface area (Å²) >= 11 is 8.62. The van der Waals surface area contributed by atoms with Gasteiger partial charge in [0.1, 0.15) is 28.5 Å². The average molecular weight is 427 g/mol. The summed E-state index contributed by atoms with van der Waals surface area (Å²) in [5.74, 6) is -0.332. The van der Waals surface area contributed by atoms with Crippen molar-refractivity contribution in [2.24, 2.45) is 0 Å². The normalized spacial score (nSPS) is 10.1. The molecule has 0 aliphatic heterocycles. The minimum absolute atomic E-state index is 0.00539. The van der Waals surface area contributed by atoms with Gasteiger partial charge in [-0.15, -0.1) is 11.3 Å². The number of halogens is 1. The molecule has 0 fully saturated rings. The Morgan fingerprint density at radius 2 is 2.04 bits per heavy atom. The number of carbonyl (C=O) groups is 1. The fraction of sp³-hybridized carbons (Fsp3) is 0.0556. The van der Waals surface area contributed by atoms with Crippen molar-refractivity contribution in [3.63, 3.8) is 0 Å². The minimum Gasteiger partial charge on any atom is -0.383 e. The van der Waals surface area contributed by atoms with E-state index in [9.17, 15) is 15.3 Å². The van der Waals surface area contributed by atoms with Crippen LogP contribution in [0.15, 0.2) is 40.9 Å². The molecule has 0 unspecified atom stereocenters. The topological polar surface area (TPSA) is 128 Å². The van der Waals surface area contributed by atoms with Gasteiger partial charge in [-0.05, 0) is 6.07 Å². The van der Waals surface area contributed by atoms with E-state index in [0.717, 1.165) is 11.8 Å². The second kappa shape index (κ2) is 8.72. The maximum atomic E-state index is 12.1. The third-order valence-electron chi connectivity index (χ3n) is 3.58. The summed E-state index contributed by atoms with van der Waals surface area (Å²) in [6.45, 7) is 0. The largest absolute Gasteiger partial charge is 0.383 e. The molecule has 2 aromatic heterocycles. The highest BCUT2D eigenvalue weighted by atomic mass is 35.5. The van der Waals surface area contributed by atoms with Crippen molar-refractivity contribution < 1.29 is 4.79 Å². The highest BCUT2D eigenvalue weighted by Gasteiger charge is 2.22. The molecule has 0 bridgehead atoms. The van der Waals surface area contributed by atoms with E-state index in [4.69, 9.17) is 17.3 Å². The summed E-state index contributed by atoms with van der Waals surface area (Å²) in [5.41, 5.74) is 6.98. The number of thioether (sulfide) groups is 1. The summed E-state index contributed by atoms with van der Waals surface area (Å²) in [4.78, 5) is 20.3. The zero-order chi connectivity index (χ0) is 20.1. The lowest BCUT2D eigenvalue weighted by atomic mass is 9.97. The third kappa shape index (κ3) is 4.07. The fourth-order valence-electron chi connectivity index (χ4n) is 2.41. The predicted molar refractivity (Wildman–Crippen MR) is 110 cm³/mol. The van der Waals surface area contributed by atoms with Gasteiger partial charge in [-0.1, -0.05) is 41.6 Å². The maximum Gasteiger partial charge on any atom is 0.236 e. The molecule has 0 aliphatic rings. The van der Waals surface area contributed by atoms with Gasteiger partial charge in [-0.2, -0.15) is 10.5 Å². The van der Waals surface area contributed by atoms with Crippen LogP contribution in [0.25, 0.3) is 11.1 Å². The fourth-order valence-corrected chi connectivity index (χ4v) is 3.98. The molecule has 2 heterocycles. The molecule has 0 aliphatic carbocycles. The first kappa shape index (κ1) is 19.6. The smallest absolute Gasteiger partial charge is 0.236 e. The Morgan fingerprint density at radius 3 is 2.68 bits per heavy atom. The Hall–Kier alpha value is -3.11. The van der Waals surface area contributed by atoms with Crippen molar-refractivity contribution in [1.29, 1.82) is 10.5 Å². The molecular weight excluding hydrogens is 416 g/mol. The molecule has 138 valence electrons. The van der Waals surface area contributed by atoms with Gasteiger partial charge >= 0.3 is 0 Å². The Morgan fingerprint density at radius 1 is 1.29 bits per heavy atom. The lowest BCUT2D eigenvalue weighted by Crippen LogP contribution is -2.14. The third-order valence-corrected chi connectivity index (χ3v) is 5.57. The molecule has 3 rings (SSSR count). The average Bonchev–Trinajstić information content (AvgIpc) is 3.19. The Bertz CT molecular complexity index is 1120. The highest BCUT2D eigenvalue weighted by molar-refractivity contribution is 8.00. The van der Waals surface area contributed by atoms with Crippen LogP contribution in [0.5, 0.6) is 0 Å². The van der Waals surface area contributed by atoms with E-state index in [2.05, 4.69) is 21.4 Å². The Labute approximate surface area is 173 Å². The van der Waals surface area contributed by atoms with Crippen LogP contribution in [-0.4, -0.2) is 21.6 Å². The second-order valence-corrected chi connectivity index (χ2v) is 7.57. The van der Waals surface area contributed by atoms with E-state index in [1.165, 1.54) is 11.3 Å². The molecule has 0 spiro atoms. The summed E-state index contributed by atoms with van der Waals surface area (Å²) in [7, 11) is 0. The summed E-state index contributed by atoms with van der Waals surface area (Å²) in [6, 6.07) is 10.9. The van der Waals surface area contributed by atoms with Crippen LogP contribution in [0, 0.1) is 22.7 Å². The van der Waals surface area contributed by atoms with Crippen LogP contribution in [0.2, 0.25) is 5.02 Å². The van der Waals surface area contributed by atoms with Crippen LogP contribution in [0.4, 0.5) is 10.9 Å². The molecule has 3 aromatic rings. The van der Waals surface area contributed by atoms with Gasteiger partial charge in [0, 0.05) is 27.7 Å². The lowest BCUT2D eigenvalue weighted by molar-refractivity contribution is -0.113. The first-order chi connectivity index (χ1) is 13.5. The molecule has 0 radical (unpaired) electrons. The number of nitrogens with one attached hydrogen (secondary N) is 1. The number of nitriles is 2. The molecular formula is C18H11ClN6OS2. The van der Waals surface area contributed by atoms with Crippen molar-refractivity contribution in [1.82, 2.24) is 9.97 Å². The molecule has 28 heavy (non-hydrogen) atoms. The van der Waals surface area contributed by atoms with E-state index in [1.54, 1.807) is 35.8 Å².